The number of ketones is 1. The lowest BCUT2D eigenvalue weighted by atomic mass is 10.1. The second-order valence-corrected chi connectivity index (χ2v) is 6.07. The molecule has 2 aromatic carbocycles. The van der Waals surface area contributed by atoms with E-state index in [-0.39, 0.29) is 17.0 Å². The van der Waals surface area contributed by atoms with Crippen LogP contribution in [0.1, 0.15) is 10.4 Å². The SMILES string of the molecule is O=C(CS(=O)c1cccc(Cl)c1)c1cccc([N+](=O)[O-])c1. The van der Waals surface area contributed by atoms with Crippen molar-refractivity contribution in [2.45, 2.75) is 4.90 Å². The molecule has 0 amide bonds. The molecule has 1 unspecified atom stereocenters. The molecule has 0 spiro atoms. The largest absolute Gasteiger partial charge is 0.293 e. The zero-order valence-electron chi connectivity index (χ0n) is 10.7. The second kappa shape index (κ2) is 6.60. The first-order valence-electron chi connectivity index (χ1n) is 5.89. The number of rotatable bonds is 5. The van der Waals surface area contributed by atoms with Crippen LogP contribution in [0.5, 0.6) is 0 Å². The number of carbonyl (C=O) groups excluding carboxylic acids is 1. The maximum atomic E-state index is 12.1. The van der Waals surface area contributed by atoms with E-state index >= 15 is 0 Å². The van der Waals surface area contributed by atoms with E-state index in [1.54, 1.807) is 18.2 Å². The van der Waals surface area contributed by atoms with Crippen molar-refractivity contribution in [2.24, 2.45) is 0 Å². The number of hydrogen-bond donors (Lipinski definition) is 0. The number of carbonyl (C=O) groups is 1. The van der Waals surface area contributed by atoms with Crippen molar-refractivity contribution >= 4 is 33.9 Å². The van der Waals surface area contributed by atoms with Crippen LogP contribution in [0.3, 0.4) is 0 Å². The molecular formula is C14H10ClNO4S. The van der Waals surface area contributed by atoms with Gasteiger partial charge >= 0.3 is 0 Å². The third-order valence-electron chi connectivity index (χ3n) is 2.70. The minimum atomic E-state index is -1.55. The van der Waals surface area contributed by atoms with Crippen LogP contribution in [0.2, 0.25) is 5.02 Å². The Balaban J connectivity index is 2.16. The van der Waals surface area contributed by atoms with Crippen LogP contribution in [0.4, 0.5) is 5.69 Å². The summed E-state index contributed by atoms with van der Waals surface area (Å²) in [5, 5.41) is 11.1. The summed E-state index contributed by atoms with van der Waals surface area (Å²) in [5.74, 6) is -0.668. The van der Waals surface area contributed by atoms with E-state index in [9.17, 15) is 19.1 Å². The molecule has 5 nitrogen and oxygen atoms in total. The average Bonchev–Trinajstić information content (AvgIpc) is 2.47. The molecule has 2 aromatic rings. The van der Waals surface area contributed by atoms with Crippen molar-refractivity contribution < 1.29 is 13.9 Å². The first-order valence-corrected chi connectivity index (χ1v) is 7.58. The van der Waals surface area contributed by atoms with Gasteiger partial charge in [0.2, 0.25) is 0 Å². The summed E-state index contributed by atoms with van der Waals surface area (Å²) in [6, 6.07) is 11.8. The van der Waals surface area contributed by atoms with Gasteiger partial charge in [-0.15, -0.1) is 0 Å². The van der Waals surface area contributed by atoms with Gasteiger partial charge < -0.3 is 0 Å². The van der Waals surface area contributed by atoms with Gasteiger partial charge in [-0.05, 0) is 18.2 Å². The van der Waals surface area contributed by atoms with E-state index in [4.69, 9.17) is 11.6 Å². The molecule has 0 aliphatic heterocycles. The summed E-state index contributed by atoms with van der Waals surface area (Å²) >= 11 is 5.80. The fraction of sp³-hybridized carbons (Fsp3) is 0.0714. The van der Waals surface area contributed by atoms with Crippen molar-refractivity contribution in [3.8, 4) is 0 Å². The van der Waals surface area contributed by atoms with Gasteiger partial charge in [0.05, 0.1) is 21.5 Å². The van der Waals surface area contributed by atoms with Crippen molar-refractivity contribution in [1.29, 1.82) is 0 Å². The molecule has 0 heterocycles. The third kappa shape index (κ3) is 3.96. The van der Waals surface area contributed by atoms with E-state index in [2.05, 4.69) is 0 Å². The van der Waals surface area contributed by atoms with E-state index in [1.807, 2.05) is 0 Å². The monoisotopic (exact) mass is 323 g/mol. The first-order chi connectivity index (χ1) is 9.97. The zero-order valence-corrected chi connectivity index (χ0v) is 12.3. The molecule has 1 atom stereocenters. The summed E-state index contributed by atoms with van der Waals surface area (Å²) in [7, 11) is -1.55. The fourth-order valence-electron chi connectivity index (χ4n) is 1.69. The third-order valence-corrected chi connectivity index (χ3v) is 4.24. The lowest BCUT2D eigenvalue weighted by molar-refractivity contribution is -0.384. The molecule has 0 aliphatic carbocycles. The van der Waals surface area contributed by atoms with Crippen molar-refractivity contribution in [3.63, 3.8) is 0 Å². The highest BCUT2D eigenvalue weighted by atomic mass is 35.5. The van der Waals surface area contributed by atoms with Crippen LogP contribution in [0.15, 0.2) is 53.4 Å². The Morgan fingerprint density at radius 1 is 1.19 bits per heavy atom. The van der Waals surface area contributed by atoms with Crippen LogP contribution in [-0.2, 0) is 10.8 Å². The molecule has 7 heteroatoms. The highest BCUT2D eigenvalue weighted by molar-refractivity contribution is 7.85. The number of hydrogen-bond acceptors (Lipinski definition) is 4. The molecular weight excluding hydrogens is 314 g/mol. The maximum absolute atomic E-state index is 12.1. The Morgan fingerprint density at radius 2 is 1.90 bits per heavy atom. The van der Waals surface area contributed by atoms with Gasteiger partial charge in [0.1, 0.15) is 0 Å². The second-order valence-electron chi connectivity index (χ2n) is 4.18. The Morgan fingerprint density at radius 3 is 2.57 bits per heavy atom. The predicted octanol–water partition coefficient (Wildman–Crippen LogP) is 3.24. The average molecular weight is 324 g/mol. The number of benzene rings is 2. The van der Waals surface area contributed by atoms with E-state index in [1.165, 1.54) is 30.3 Å². The molecule has 0 saturated carbocycles. The molecule has 0 saturated heterocycles. The van der Waals surface area contributed by atoms with Gasteiger partial charge in [-0.25, -0.2) is 0 Å². The van der Waals surface area contributed by atoms with Crippen molar-refractivity contribution in [2.75, 3.05) is 5.75 Å². The summed E-state index contributed by atoms with van der Waals surface area (Å²) < 4.78 is 12.1. The van der Waals surface area contributed by atoms with Gasteiger partial charge in [-0.1, -0.05) is 29.8 Å². The van der Waals surface area contributed by atoms with Crippen molar-refractivity contribution in [3.05, 3.63) is 69.2 Å². The molecule has 108 valence electrons. The lowest BCUT2D eigenvalue weighted by Gasteiger charge is -2.03. The molecule has 0 radical (unpaired) electrons. The Kier molecular flexibility index (Phi) is 4.82. The van der Waals surface area contributed by atoms with Crippen LogP contribution >= 0.6 is 11.6 Å². The molecule has 2 rings (SSSR count). The number of halogens is 1. The molecule has 21 heavy (non-hydrogen) atoms. The number of non-ortho nitro benzene ring substituents is 1. The molecule has 0 bridgehead atoms. The van der Waals surface area contributed by atoms with Crippen LogP contribution in [-0.4, -0.2) is 20.7 Å². The topological polar surface area (TPSA) is 77.3 Å². The van der Waals surface area contributed by atoms with Crippen LogP contribution < -0.4 is 0 Å². The summed E-state index contributed by atoms with van der Waals surface area (Å²) in [6.45, 7) is 0. The van der Waals surface area contributed by atoms with E-state index in [0.717, 1.165) is 0 Å². The van der Waals surface area contributed by atoms with Crippen molar-refractivity contribution in [1.82, 2.24) is 0 Å². The smallest absolute Gasteiger partial charge is 0.270 e. The number of nitrogens with zero attached hydrogens (tertiary/aromatic N) is 1. The van der Waals surface area contributed by atoms with E-state index < -0.39 is 21.5 Å². The normalized spacial score (nSPS) is 11.9. The summed E-state index contributed by atoms with van der Waals surface area (Å²) in [6.07, 6.45) is 0. The zero-order chi connectivity index (χ0) is 15.4. The number of nitro benzene ring substituents is 1. The maximum Gasteiger partial charge on any atom is 0.270 e. The number of Topliss-reactive ketones (excluding diaryl/α,β-unsaturated/α-hetero) is 1. The first kappa shape index (κ1) is 15.3. The number of nitro groups is 1. The lowest BCUT2D eigenvalue weighted by Crippen LogP contribution is -2.11. The summed E-state index contributed by atoms with van der Waals surface area (Å²) in [5.41, 5.74) is -0.00559. The van der Waals surface area contributed by atoms with Gasteiger partial charge in [0.15, 0.2) is 5.78 Å². The molecule has 0 aromatic heterocycles. The quantitative estimate of drug-likeness (QED) is 0.481. The molecule has 0 fully saturated rings. The molecule has 0 N–H and O–H groups in total. The van der Waals surface area contributed by atoms with Crippen LogP contribution in [0.25, 0.3) is 0 Å². The van der Waals surface area contributed by atoms with Gasteiger partial charge in [-0.2, -0.15) is 0 Å². The molecule has 0 aliphatic rings. The van der Waals surface area contributed by atoms with Gasteiger partial charge in [-0.3, -0.25) is 19.1 Å². The Hall–Kier alpha value is -2.05. The van der Waals surface area contributed by atoms with E-state index in [0.29, 0.717) is 9.92 Å². The highest BCUT2D eigenvalue weighted by Crippen LogP contribution is 2.17. The summed E-state index contributed by atoms with van der Waals surface area (Å²) in [4.78, 5) is 22.6. The Bertz CT molecular complexity index is 732. The Labute approximate surface area is 128 Å². The highest BCUT2D eigenvalue weighted by Gasteiger charge is 2.15. The fourth-order valence-corrected chi connectivity index (χ4v) is 3.00. The minimum absolute atomic E-state index is 0.166. The minimum Gasteiger partial charge on any atom is -0.293 e. The van der Waals surface area contributed by atoms with Crippen LogP contribution in [0, 0.1) is 10.1 Å². The standard InChI is InChI=1S/C14H10ClNO4S/c15-11-4-2-6-13(8-11)21(20)9-14(17)10-3-1-5-12(7-10)16(18)19/h1-8H,9H2. The van der Waals surface area contributed by atoms with Gasteiger partial charge in [0.25, 0.3) is 5.69 Å². The predicted molar refractivity (Wildman–Crippen MR) is 80.2 cm³/mol. The van der Waals surface area contributed by atoms with Gasteiger partial charge in [0, 0.05) is 27.6 Å².